The van der Waals surface area contributed by atoms with E-state index < -0.39 is 0 Å². The van der Waals surface area contributed by atoms with E-state index in [0.717, 1.165) is 24.4 Å². The Hall–Kier alpha value is -1.51. The number of alkyl halides is 1. The fourth-order valence-corrected chi connectivity index (χ4v) is 2.55. The fourth-order valence-electron chi connectivity index (χ4n) is 2.18. The Morgan fingerprint density at radius 3 is 2.55 bits per heavy atom. The molecular weight excluding hydrogens is 270 g/mol. The average Bonchev–Trinajstić information content (AvgIpc) is 2.48. The SMILES string of the molecule is COc1cccc(C(Cl)CN(C)Cc2ccccc2)c1. The summed E-state index contributed by atoms with van der Waals surface area (Å²) in [5.41, 5.74) is 2.38. The van der Waals surface area contributed by atoms with Crippen molar-refractivity contribution < 1.29 is 4.74 Å². The number of hydrogen-bond acceptors (Lipinski definition) is 2. The van der Waals surface area contributed by atoms with Crippen molar-refractivity contribution in [1.29, 1.82) is 0 Å². The molecule has 0 radical (unpaired) electrons. The van der Waals surface area contributed by atoms with Gasteiger partial charge in [-0.2, -0.15) is 0 Å². The summed E-state index contributed by atoms with van der Waals surface area (Å²) in [5.74, 6) is 0.846. The van der Waals surface area contributed by atoms with Crippen LogP contribution in [0.4, 0.5) is 0 Å². The predicted molar refractivity (Wildman–Crippen MR) is 84.4 cm³/mol. The van der Waals surface area contributed by atoms with Gasteiger partial charge in [0, 0.05) is 13.1 Å². The van der Waals surface area contributed by atoms with E-state index >= 15 is 0 Å². The fraction of sp³-hybridized carbons (Fsp3) is 0.294. The number of rotatable bonds is 6. The molecule has 1 unspecified atom stereocenters. The van der Waals surface area contributed by atoms with Crippen LogP contribution in [-0.4, -0.2) is 25.6 Å². The number of hydrogen-bond donors (Lipinski definition) is 0. The van der Waals surface area contributed by atoms with Gasteiger partial charge in [0.25, 0.3) is 0 Å². The molecular formula is C17H20ClNO. The van der Waals surface area contributed by atoms with Gasteiger partial charge in [0.1, 0.15) is 5.75 Å². The Kier molecular flexibility index (Phi) is 5.45. The Morgan fingerprint density at radius 2 is 1.85 bits per heavy atom. The highest BCUT2D eigenvalue weighted by atomic mass is 35.5. The maximum Gasteiger partial charge on any atom is 0.119 e. The molecule has 0 spiro atoms. The Morgan fingerprint density at radius 1 is 1.10 bits per heavy atom. The third-order valence-corrected chi connectivity index (χ3v) is 3.61. The van der Waals surface area contributed by atoms with Crippen LogP contribution in [0.2, 0.25) is 0 Å². The van der Waals surface area contributed by atoms with Gasteiger partial charge in [-0.1, -0.05) is 42.5 Å². The number of ether oxygens (including phenoxy) is 1. The van der Waals surface area contributed by atoms with Crippen molar-refractivity contribution in [3.8, 4) is 5.75 Å². The van der Waals surface area contributed by atoms with Crippen LogP contribution >= 0.6 is 11.6 Å². The number of methoxy groups -OCH3 is 1. The van der Waals surface area contributed by atoms with Crippen molar-refractivity contribution in [2.45, 2.75) is 11.9 Å². The molecule has 0 N–H and O–H groups in total. The summed E-state index contributed by atoms with van der Waals surface area (Å²) in [6.45, 7) is 1.69. The molecule has 2 nitrogen and oxygen atoms in total. The summed E-state index contributed by atoms with van der Waals surface area (Å²) in [6.07, 6.45) is 0. The monoisotopic (exact) mass is 289 g/mol. The summed E-state index contributed by atoms with van der Waals surface area (Å²) in [6, 6.07) is 18.3. The molecule has 2 aromatic rings. The predicted octanol–water partition coefficient (Wildman–Crippen LogP) is 4.11. The van der Waals surface area contributed by atoms with Crippen LogP contribution in [0, 0.1) is 0 Å². The molecule has 3 heteroatoms. The molecule has 0 amide bonds. The lowest BCUT2D eigenvalue weighted by Gasteiger charge is -2.20. The average molecular weight is 290 g/mol. The van der Waals surface area contributed by atoms with Crippen molar-refractivity contribution in [2.75, 3.05) is 20.7 Å². The molecule has 0 saturated heterocycles. The molecule has 0 aliphatic carbocycles. The number of benzene rings is 2. The van der Waals surface area contributed by atoms with Crippen LogP contribution in [0.1, 0.15) is 16.5 Å². The highest BCUT2D eigenvalue weighted by Crippen LogP contribution is 2.25. The molecule has 20 heavy (non-hydrogen) atoms. The Balaban J connectivity index is 1.94. The molecule has 0 saturated carbocycles. The minimum Gasteiger partial charge on any atom is -0.497 e. The van der Waals surface area contributed by atoms with Gasteiger partial charge in [0.05, 0.1) is 12.5 Å². The third-order valence-electron chi connectivity index (χ3n) is 3.22. The van der Waals surface area contributed by atoms with E-state index in [9.17, 15) is 0 Å². The Bertz CT molecular complexity index is 530. The zero-order valence-electron chi connectivity index (χ0n) is 11.9. The van der Waals surface area contributed by atoms with Gasteiger partial charge in [-0.3, -0.25) is 0 Å². The molecule has 0 fully saturated rings. The number of likely N-dealkylation sites (N-methyl/N-ethyl adjacent to an activating group) is 1. The Labute approximate surface area is 125 Å². The van der Waals surface area contributed by atoms with E-state index in [0.29, 0.717) is 0 Å². The maximum absolute atomic E-state index is 6.50. The minimum atomic E-state index is -0.0428. The zero-order valence-corrected chi connectivity index (χ0v) is 12.7. The smallest absolute Gasteiger partial charge is 0.119 e. The first-order valence-electron chi connectivity index (χ1n) is 6.69. The first kappa shape index (κ1) is 14.9. The van der Waals surface area contributed by atoms with Crippen molar-refractivity contribution in [3.05, 3.63) is 65.7 Å². The molecule has 2 rings (SSSR count). The van der Waals surface area contributed by atoms with Crippen molar-refractivity contribution in [3.63, 3.8) is 0 Å². The van der Waals surface area contributed by atoms with Gasteiger partial charge >= 0.3 is 0 Å². The second kappa shape index (κ2) is 7.32. The van der Waals surface area contributed by atoms with Crippen molar-refractivity contribution in [1.82, 2.24) is 4.90 Å². The summed E-state index contributed by atoms with van der Waals surface area (Å²) in [5, 5.41) is -0.0428. The summed E-state index contributed by atoms with van der Waals surface area (Å²) in [4.78, 5) is 2.23. The van der Waals surface area contributed by atoms with Gasteiger partial charge in [0.2, 0.25) is 0 Å². The van der Waals surface area contributed by atoms with Gasteiger partial charge < -0.3 is 9.64 Å². The second-order valence-corrected chi connectivity index (χ2v) is 5.45. The number of halogens is 1. The molecule has 0 heterocycles. The van der Waals surface area contributed by atoms with E-state index in [2.05, 4.69) is 36.2 Å². The van der Waals surface area contributed by atoms with E-state index in [1.807, 2.05) is 30.3 Å². The maximum atomic E-state index is 6.50. The first-order valence-corrected chi connectivity index (χ1v) is 7.13. The van der Waals surface area contributed by atoms with E-state index in [1.165, 1.54) is 5.56 Å². The van der Waals surface area contributed by atoms with Crippen molar-refractivity contribution >= 4 is 11.6 Å². The molecule has 0 aliphatic heterocycles. The van der Waals surface area contributed by atoms with Crippen LogP contribution in [0.5, 0.6) is 5.75 Å². The molecule has 1 atom stereocenters. The highest BCUT2D eigenvalue weighted by molar-refractivity contribution is 6.21. The molecule has 106 valence electrons. The van der Waals surface area contributed by atoms with Crippen LogP contribution in [0.25, 0.3) is 0 Å². The van der Waals surface area contributed by atoms with Gasteiger partial charge in [0.15, 0.2) is 0 Å². The third kappa shape index (κ3) is 4.26. The van der Waals surface area contributed by atoms with E-state index in [-0.39, 0.29) is 5.38 Å². The zero-order chi connectivity index (χ0) is 14.4. The van der Waals surface area contributed by atoms with Gasteiger partial charge in [-0.15, -0.1) is 11.6 Å². The van der Waals surface area contributed by atoms with E-state index in [4.69, 9.17) is 16.3 Å². The highest BCUT2D eigenvalue weighted by Gasteiger charge is 2.12. The van der Waals surface area contributed by atoms with Crippen molar-refractivity contribution in [2.24, 2.45) is 0 Å². The minimum absolute atomic E-state index is 0.0428. The lowest BCUT2D eigenvalue weighted by Crippen LogP contribution is -2.22. The van der Waals surface area contributed by atoms with Crippen LogP contribution in [0.3, 0.4) is 0 Å². The van der Waals surface area contributed by atoms with E-state index in [1.54, 1.807) is 7.11 Å². The summed E-state index contributed by atoms with van der Waals surface area (Å²) < 4.78 is 5.23. The van der Waals surface area contributed by atoms with Crippen LogP contribution in [-0.2, 0) is 6.54 Å². The largest absolute Gasteiger partial charge is 0.497 e. The standard InChI is InChI=1S/C17H20ClNO/c1-19(12-14-7-4-3-5-8-14)13-17(18)15-9-6-10-16(11-15)20-2/h3-11,17H,12-13H2,1-2H3. The molecule has 0 bridgehead atoms. The lowest BCUT2D eigenvalue weighted by molar-refractivity contribution is 0.326. The quantitative estimate of drug-likeness (QED) is 0.742. The number of nitrogens with zero attached hydrogens (tertiary/aromatic N) is 1. The molecule has 0 aliphatic rings. The van der Waals surface area contributed by atoms with Crippen LogP contribution < -0.4 is 4.74 Å². The molecule has 0 aromatic heterocycles. The summed E-state index contributed by atoms with van der Waals surface area (Å²) in [7, 11) is 3.76. The van der Waals surface area contributed by atoms with Crippen LogP contribution in [0.15, 0.2) is 54.6 Å². The first-order chi connectivity index (χ1) is 9.69. The lowest BCUT2D eigenvalue weighted by atomic mass is 10.1. The molecule has 2 aromatic carbocycles. The van der Waals surface area contributed by atoms with Gasteiger partial charge in [-0.05, 0) is 30.3 Å². The normalized spacial score (nSPS) is 12.4. The second-order valence-electron chi connectivity index (χ2n) is 4.93. The summed E-state index contributed by atoms with van der Waals surface area (Å²) >= 11 is 6.50. The topological polar surface area (TPSA) is 12.5 Å². The van der Waals surface area contributed by atoms with Gasteiger partial charge in [-0.25, -0.2) is 0 Å².